The van der Waals surface area contributed by atoms with E-state index in [9.17, 15) is 9.59 Å². The molecule has 2 aromatic rings. The summed E-state index contributed by atoms with van der Waals surface area (Å²) in [5.74, 6) is -0.449. The van der Waals surface area contributed by atoms with Gasteiger partial charge in [0.25, 0.3) is 5.91 Å². The van der Waals surface area contributed by atoms with Gasteiger partial charge in [-0.25, -0.2) is 0 Å². The van der Waals surface area contributed by atoms with Gasteiger partial charge in [-0.3, -0.25) is 9.59 Å². The van der Waals surface area contributed by atoms with Gasteiger partial charge in [-0.05, 0) is 17.2 Å². The summed E-state index contributed by atoms with van der Waals surface area (Å²) in [5.41, 5.74) is 2.16. The van der Waals surface area contributed by atoms with E-state index in [2.05, 4.69) is 10.6 Å². The predicted molar refractivity (Wildman–Crippen MR) is 84.6 cm³/mol. The largest absolute Gasteiger partial charge is 0.339 e. The van der Waals surface area contributed by atoms with Crippen molar-refractivity contribution in [3.8, 4) is 0 Å². The molecule has 0 aromatic heterocycles. The van der Waals surface area contributed by atoms with Crippen molar-refractivity contribution in [1.82, 2.24) is 10.6 Å². The highest BCUT2D eigenvalue weighted by Gasteiger charge is 2.29. The van der Waals surface area contributed by atoms with E-state index in [-0.39, 0.29) is 17.5 Å². The molecule has 1 saturated heterocycles. The van der Waals surface area contributed by atoms with Crippen LogP contribution in [0.25, 0.3) is 6.08 Å². The van der Waals surface area contributed by atoms with E-state index in [0.717, 1.165) is 11.1 Å². The highest BCUT2D eigenvalue weighted by molar-refractivity contribution is 6.07. The second kappa shape index (κ2) is 6.26. The second-order valence-corrected chi connectivity index (χ2v) is 5.17. The van der Waals surface area contributed by atoms with Crippen LogP contribution in [0, 0.1) is 0 Å². The fourth-order valence-corrected chi connectivity index (χ4v) is 2.39. The van der Waals surface area contributed by atoms with Crippen molar-refractivity contribution >= 4 is 17.9 Å². The van der Waals surface area contributed by atoms with Crippen LogP contribution < -0.4 is 10.6 Å². The molecule has 0 bridgehead atoms. The number of nitrogens with one attached hydrogen (secondary N) is 2. The number of carbonyl (C=O) groups is 2. The van der Waals surface area contributed by atoms with Gasteiger partial charge in [0.15, 0.2) is 0 Å². The first kappa shape index (κ1) is 14.1. The molecule has 110 valence electrons. The zero-order valence-corrected chi connectivity index (χ0v) is 12.0. The van der Waals surface area contributed by atoms with Crippen LogP contribution >= 0.6 is 0 Å². The fraction of sp³-hybridized carbons (Fsp3) is 0.111. The van der Waals surface area contributed by atoms with Crippen molar-refractivity contribution in [2.45, 2.75) is 12.5 Å². The topological polar surface area (TPSA) is 58.2 Å². The van der Waals surface area contributed by atoms with Gasteiger partial charge in [-0.1, -0.05) is 60.7 Å². The molecule has 1 aliphatic heterocycles. The number of hydrogen-bond donors (Lipinski definition) is 2. The molecule has 1 aliphatic rings. The van der Waals surface area contributed by atoms with Crippen molar-refractivity contribution in [1.29, 1.82) is 0 Å². The average Bonchev–Trinajstić information content (AvgIpc) is 2.54. The van der Waals surface area contributed by atoms with Gasteiger partial charge < -0.3 is 10.6 Å². The van der Waals surface area contributed by atoms with E-state index in [1.165, 1.54) is 0 Å². The van der Waals surface area contributed by atoms with E-state index in [1.54, 1.807) is 6.08 Å². The van der Waals surface area contributed by atoms with Crippen LogP contribution in [-0.4, -0.2) is 17.9 Å². The van der Waals surface area contributed by atoms with Gasteiger partial charge in [-0.2, -0.15) is 0 Å². The number of carbonyl (C=O) groups excluding carboxylic acids is 2. The van der Waals surface area contributed by atoms with Gasteiger partial charge in [0.05, 0.1) is 0 Å². The van der Waals surface area contributed by atoms with Gasteiger partial charge in [0.1, 0.15) is 11.7 Å². The van der Waals surface area contributed by atoms with Crippen LogP contribution in [-0.2, 0) is 16.0 Å². The maximum atomic E-state index is 12.2. The van der Waals surface area contributed by atoms with Crippen LogP contribution in [0.3, 0.4) is 0 Å². The highest BCUT2D eigenvalue weighted by Crippen LogP contribution is 2.11. The van der Waals surface area contributed by atoms with Crippen molar-refractivity contribution in [2.75, 3.05) is 0 Å². The van der Waals surface area contributed by atoms with E-state index in [1.807, 2.05) is 60.7 Å². The molecule has 2 aromatic carbocycles. The Morgan fingerprint density at radius 2 is 1.55 bits per heavy atom. The summed E-state index contributed by atoms with van der Waals surface area (Å²) in [6, 6.07) is 18.5. The summed E-state index contributed by atoms with van der Waals surface area (Å²) in [6.07, 6.45) is 2.16. The number of benzene rings is 2. The van der Waals surface area contributed by atoms with Crippen LogP contribution in [0.5, 0.6) is 0 Å². The Hall–Kier alpha value is -2.88. The Balaban J connectivity index is 1.73. The summed E-state index contributed by atoms with van der Waals surface area (Å²) in [6.45, 7) is 0. The first-order chi connectivity index (χ1) is 10.7. The van der Waals surface area contributed by atoms with Crippen LogP contribution in [0.4, 0.5) is 0 Å². The third-order valence-electron chi connectivity index (χ3n) is 3.52. The summed E-state index contributed by atoms with van der Waals surface area (Å²) >= 11 is 0. The van der Waals surface area contributed by atoms with Gasteiger partial charge in [-0.15, -0.1) is 0 Å². The van der Waals surface area contributed by atoms with Crippen LogP contribution in [0.2, 0.25) is 0 Å². The molecule has 2 N–H and O–H groups in total. The number of hydrogen-bond acceptors (Lipinski definition) is 2. The Morgan fingerprint density at radius 3 is 2.23 bits per heavy atom. The number of rotatable bonds is 3. The summed E-state index contributed by atoms with van der Waals surface area (Å²) < 4.78 is 0. The lowest BCUT2D eigenvalue weighted by Crippen LogP contribution is -2.55. The molecule has 0 spiro atoms. The van der Waals surface area contributed by atoms with Gasteiger partial charge >= 0.3 is 0 Å². The zero-order valence-electron chi connectivity index (χ0n) is 12.0. The third kappa shape index (κ3) is 3.23. The van der Waals surface area contributed by atoms with Crippen molar-refractivity contribution in [3.05, 3.63) is 77.5 Å². The second-order valence-electron chi connectivity index (χ2n) is 5.17. The molecule has 0 aliphatic carbocycles. The van der Waals surface area contributed by atoms with Crippen molar-refractivity contribution in [2.24, 2.45) is 0 Å². The highest BCUT2D eigenvalue weighted by atomic mass is 16.2. The van der Waals surface area contributed by atoms with Gasteiger partial charge in [0, 0.05) is 6.42 Å². The zero-order chi connectivity index (χ0) is 15.4. The molecule has 3 rings (SSSR count). The average molecular weight is 292 g/mol. The monoisotopic (exact) mass is 292 g/mol. The minimum Gasteiger partial charge on any atom is -0.339 e. The van der Waals surface area contributed by atoms with Crippen molar-refractivity contribution < 1.29 is 9.59 Å². The predicted octanol–water partition coefficient (Wildman–Crippen LogP) is 1.88. The van der Waals surface area contributed by atoms with E-state index >= 15 is 0 Å². The molecule has 22 heavy (non-hydrogen) atoms. The van der Waals surface area contributed by atoms with E-state index in [0.29, 0.717) is 6.42 Å². The SMILES string of the molecule is O=C1NC(Cc2ccccc2)C(=O)N/C1=C\c1ccccc1. The molecular weight excluding hydrogens is 276 g/mol. The third-order valence-corrected chi connectivity index (χ3v) is 3.52. The fourth-order valence-electron chi connectivity index (χ4n) is 2.39. The molecule has 1 atom stereocenters. The molecule has 2 amide bonds. The minimum atomic E-state index is -0.539. The molecular formula is C18H16N2O2. The van der Waals surface area contributed by atoms with Gasteiger partial charge in [0.2, 0.25) is 5.91 Å². The molecule has 0 saturated carbocycles. The first-order valence-corrected chi connectivity index (χ1v) is 7.15. The minimum absolute atomic E-state index is 0.189. The quantitative estimate of drug-likeness (QED) is 0.849. The Labute approximate surface area is 128 Å². The summed E-state index contributed by atoms with van der Waals surface area (Å²) in [5, 5.41) is 5.46. The number of amides is 2. The maximum absolute atomic E-state index is 12.2. The Kier molecular flexibility index (Phi) is 4.01. The lowest BCUT2D eigenvalue weighted by molar-refractivity contribution is -0.131. The summed E-state index contributed by atoms with van der Waals surface area (Å²) in [7, 11) is 0. The lowest BCUT2D eigenvalue weighted by atomic mass is 10.0. The molecule has 4 nitrogen and oxygen atoms in total. The molecule has 1 unspecified atom stereocenters. The Morgan fingerprint density at radius 1 is 0.909 bits per heavy atom. The summed E-state index contributed by atoms with van der Waals surface area (Å²) in [4.78, 5) is 24.3. The van der Waals surface area contributed by atoms with Crippen molar-refractivity contribution in [3.63, 3.8) is 0 Å². The standard InChI is InChI=1S/C18H16N2O2/c21-17-15(11-13-7-3-1-4-8-13)19-18(22)16(20-17)12-14-9-5-2-6-10-14/h1-11,16H,12H2,(H,19,22)(H,20,21)/b15-11-. The smallest absolute Gasteiger partial charge is 0.268 e. The van der Waals surface area contributed by atoms with Crippen LogP contribution in [0.1, 0.15) is 11.1 Å². The molecule has 0 radical (unpaired) electrons. The first-order valence-electron chi connectivity index (χ1n) is 7.15. The normalized spacial score (nSPS) is 19.6. The molecule has 1 fully saturated rings. The Bertz CT molecular complexity index is 708. The molecule has 1 heterocycles. The maximum Gasteiger partial charge on any atom is 0.268 e. The van der Waals surface area contributed by atoms with Crippen LogP contribution in [0.15, 0.2) is 66.4 Å². The van der Waals surface area contributed by atoms with E-state index < -0.39 is 6.04 Å². The number of piperazine rings is 1. The van der Waals surface area contributed by atoms with E-state index in [4.69, 9.17) is 0 Å². The lowest BCUT2D eigenvalue weighted by Gasteiger charge is -2.25. The molecule has 4 heteroatoms.